The number of carbonyl (C=O) groups excluding carboxylic acids is 1. The second kappa shape index (κ2) is 24.9. The summed E-state index contributed by atoms with van der Waals surface area (Å²) in [5.41, 5.74) is 21.0. The monoisotopic (exact) mass is 1210 g/mol. The third kappa shape index (κ3) is 12.7. The van der Waals surface area contributed by atoms with Crippen molar-refractivity contribution in [2.45, 2.75) is 190 Å². The molecular formula is C77H90N6O7. The molecule has 8 aromatic rings. The summed E-state index contributed by atoms with van der Waals surface area (Å²) in [6.07, 6.45) is 29.8. The van der Waals surface area contributed by atoms with Gasteiger partial charge in [0.2, 0.25) is 5.91 Å². The van der Waals surface area contributed by atoms with E-state index in [0.29, 0.717) is 41.4 Å². The predicted octanol–water partition coefficient (Wildman–Crippen LogP) is 17.8. The molecule has 10 saturated carbocycles. The summed E-state index contributed by atoms with van der Waals surface area (Å²) in [6, 6.07) is 38.3. The van der Waals surface area contributed by atoms with Gasteiger partial charge in [-0.1, -0.05) is 60.7 Å². The molecule has 4 bridgehead atoms. The number of methoxy groups -OCH3 is 2. The van der Waals surface area contributed by atoms with Crippen LogP contribution < -0.4 is 25.4 Å². The van der Waals surface area contributed by atoms with Gasteiger partial charge in [0.1, 0.15) is 47.4 Å². The van der Waals surface area contributed by atoms with Crippen molar-refractivity contribution in [3.05, 3.63) is 168 Å². The molecule has 13 heteroatoms. The van der Waals surface area contributed by atoms with Crippen LogP contribution in [0.3, 0.4) is 0 Å². The minimum atomic E-state index is -0.274. The SMILES string of the molecule is COc1ccc(C23CCC(CN(C(=O)C4CCC(O)CC4)c4cccc(-c5coc(C6CC6)n5)c4)(CC2)CC3)cc1C.COc1ccc(C23CCC(CNc4cccc(-c5coc(C6CC6)n5)c4)(CC2)CC3)cc1C.Nc1cccc(-c2coc(C3CC3)n2)c1. The van der Waals surface area contributed by atoms with Crippen molar-refractivity contribution in [1.29, 1.82) is 0 Å². The van der Waals surface area contributed by atoms with E-state index in [-0.39, 0.29) is 28.8 Å². The predicted molar refractivity (Wildman–Crippen MR) is 354 cm³/mol. The Labute approximate surface area is 531 Å². The highest BCUT2D eigenvalue weighted by molar-refractivity contribution is 5.96. The fourth-order valence-corrected chi connectivity index (χ4v) is 15.9. The fourth-order valence-electron chi connectivity index (χ4n) is 15.9. The molecule has 10 fully saturated rings. The van der Waals surface area contributed by atoms with Crippen molar-refractivity contribution in [3.63, 3.8) is 0 Å². The first kappa shape index (κ1) is 60.0. The normalized spacial score (nSPS) is 25.7. The van der Waals surface area contributed by atoms with E-state index in [9.17, 15) is 9.90 Å². The highest BCUT2D eigenvalue weighted by Crippen LogP contribution is 2.60. The number of hydrogen-bond donors (Lipinski definition) is 3. The van der Waals surface area contributed by atoms with E-state index in [2.05, 4.69) is 114 Å². The number of rotatable bonds is 17. The Morgan fingerprint density at radius 1 is 0.544 bits per heavy atom. The lowest BCUT2D eigenvalue weighted by molar-refractivity contribution is -0.124. The Bertz CT molecular complexity index is 3790. The molecule has 0 unspecified atom stereocenters. The molecule has 10 aliphatic rings. The van der Waals surface area contributed by atoms with Gasteiger partial charge in [-0.25, -0.2) is 15.0 Å². The first-order chi connectivity index (χ1) is 43.8. The molecule has 0 aliphatic heterocycles. The third-order valence-electron chi connectivity index (χ3n) is 22.4. The van der Waals surface area contributed by atoms with Crippen LogP contribution in [0.25, 0.3) is 33.8 Å². The van der Waals surface area contributed by atoms with Crippen LogP contribution in [-0.4, -0.2) is 59.4 Å². The zero-order valence-electron chi connectivity index (χ0n) is 53.2. The van der Waals surface area contributed by atoms with Crippen LogP contribution in [0.4, 0.5) is 17.1 Å². The van der Waals surface area contributed by atoms with E-state index in [4.69, 9.17) is 38.4 Å². The number of anilines is 3. The Kier molecular flexibility index (Phi) is 16.6. The van der Waals surface area contributed by atoms with Gasteiger partial charge in [-0.05, 0) is 248 Å². The van der Waals surface area contributed by atoms with Crippen molar-refractivity contribution in [2.75, 3.05) is 43.3 Å². The summed E-state index contributed by atoms with van der Waals surface area (Å²) >= 11 is 0. The summed E-state index contributed by atoms with van der Waals surface area (Å²) in [5, 5.41) is 13.9. The fraction of sp³-hybridized carbons (Fsp3) is 0.481. The van der Waals surface area contributed by atoms with Gasteiger partial charge in [-0.2, -0.15) is 0 Å². The summed E-state index contributed by atoms with van der Waals surface area (Å²) in [4.78, 5) is 30.4. The maximum atomic E-state index is 14.3. The third-order valence-corrected chi connectivity index (χ3v) is 22.4. The zero-order chi connectivity index (χ0) is 61.6. The molecule has 0 saturated heterocycles. The van der Waals surface area contributed by atoms with Gasteiger partial charge < -0.3 is 43.8 Å². The Morgan fingerprint density at radius 2 is 0.989 bits per heavy atom. The van der Waals surface area contributed by atoms with Crippen LogP contribution in [0.15, 0.2) is 141 Å². The van der Waals surface area contributed by atoms with Crippen LogP contribution >= 0.6 is 0 Å². The van der Waals surface area contributed by atoms with Crippen LogP contribution in [-0.2, 0) is 15.6 Å². The number of nitrogens with one attached hydrogen (secondary N) is 1. The standard InChI is InChI=1S/C36H44N2O4.C29H34N2O2.C12H12N2O/c1-24-20-28(10-13-32(24)41-2)36-17-14-35(15-18-36,16-19-36)23-38(34(40)26-8-11-30(39)12-9-26)29-5-3-4-27(21-29)31-22-42-33(37-31)25-6-7-25;1-20-16-23(8-9-26(20)32-2)29-13-10-28(11-14-29,12-15-29)19-30-24-5-3-4-22(17-24)25-18-33-27(31-25)21-6-7-21;13-10-3-1-2-9(6-10)11-7-15-12(14-11)8-4-5-8/h3-5,10,13,20-22,25-26,30,39H,6-9,11-12,14-19,23H2,1-2H3;3-5,8-9,16-18,21,30H,6-7,10-15,19H2,1-2H3;1-3,6-8H,4-5,13H2. The average Bonchev–Trinajstić information content (AvgIpc) is 1.03. The van der Waals surface area contributed by atoms with Crippen molar-refractivity contribution in [3.8, 4) is 45.3 Å². The van der Waals surface area contributed by atoms with Crippen LogP contribution in [0.2, 0.25) is 0 Å². The number of carbonyl (C=O) groups is 1. The molecule has 10 aliphatic carbocycles. The number of benzene rings is 5. The molecule has 0 radical (unpaired) electrons. The van der Waals surface area contributed by atoms with Gasteiger partial charge in [0.05, 0.1) is 20.3 Å². The summed E-state index contributed by atoms with van der Waals surface area (Å²) in [6.45, 7) is 6.12. The number of fused-ring (bicyclic) bond motifs is 6. The molecule has 0 atom stereocenters. The van der Waals surface area contributed by atoms with E-state index in [1.54, 1.807) is 26.7 Å². The molecular weight excluding hydrogens is 1120 g/mol. The first-order valence-electron chi connectivity index (χ1n) is 33.7. The van der Waals surface area contributed by atoms with E-state index in [1.165, 1.54) is 111 Å². The van der Waals surface area contributed by atoms with Crippen LogP contribution in [0.5, 0.6) is 11.5 Å². The van der Waals surface area contributed by atoms with Crippen molar-refractivity contribution >= 4 is 23.0 Å². The Balaban J connectivity index is 0.000000130. The smallest absolute Gasteiger partial charge is 0.230 e. The van der Waals surface area contributed by atoms with E-state index >= 15 is 0 Å². The number of aliphatic hydroxyl groups is 1. The maximum absolute atomic E-state index is 14.3. The molecule has 18 rings (SSSR count). The van der Waals surface area contributed by atoms with E-state index < -0.39 is 0 Å². The molecule has 3 heterocycles. The largest absolute Gasteiger partial charge is 0.496 e. The molecule has 0 spiro atoms. The zero-order valence-corrected chi connectivity index (χ0v) is 53.2. The molecule has 90 heavy (non-hydrogen) atoms. The number of nitrogens with two attached hydrogens (primary N) is 1. The van der Waals surface area contributed by atoms with Gasteiger partial charge in [-0.3, -0.25) is 4.79 Å². The number of amides is 1. The highest BCUT2D eigenvalue weighted by Gasteiger charge is 2.52. The quantitative estimate of drug-likeness (QED) is 0.0737. The molecule has 13 nitrogen and oxygen atoms in total. The van der Waals surface area contributed by atoms with Crippen molar-refractivity contribution in [1.82, 2.24) is 15.0 Å². The molecule has 4 N–H and O–H groups in total. The van der Waals surface area contributed by atoms with Crippen molar-refractivity contribution in [2.24, 2.45) is 16.7 Å². The van der Waals surface area contributed by atoms with Gasteiger partial charge in [-0.15, -0.1) is 0 Å². The minimum Gasteiger partial charge on any atom is -0.496 e. The number of ether oxygens (including phenoxy) is 2. The number of aliphatic hydroxyl groups excluding tert-OH is 1. The van der Waals surface area contributed by atoms with Crippen LogP contribution in [0.1, 0.15) is 199 Å². The highest BCUT2D eigenvalue weighted by atomic mass is 16.5. The topological polar surface area (TPSA) is 175 Å². The average molecular weight is 1210 g/mol. The van der Waals surface area contributed by atoms with Gasteiger partial charge in [0, 0.05) is 70.5 Å². The number of hydrogen-bond acceptors (Lipinski definition) is 12. The van der Waals surface area contributed by atoms with Gasteiger partial charge in [0.25, 0.3) is 0 Å². The Morgan fingerprint density at radius 3 is 1.44 bits per heavy atom. The van der Waals surface area contributed by atoms with Crippen LogP contribution in [0, 0.1) is 30.6 Å². The lowest BCUT2D eigenvalue weighted by Crippen LogP contribution is -2.51. The summed E-state index contributed by atoms with van der Waals surface area (Å²) in [7, 11) is 3.50. The van der Waals surface area contributed by atoms with E-state index in [0.717, 1.165) is 132 Å². The molecule has 5 aromatic carbocycles. The maximum Gasteiger partial charge on any atom is 0.230 e. The van der Waals surface area contributed by atoms with Gasteiger partial charge >= 0.3 is 0 Å². The Hall–Kier alpha value is -7.64. The lowest BCUT2D eigenvalue weighted by atomic mass is 9.51. The van der Waals surface area contributed by atoms with Crippen molar-refractivity contribution < 1.29 is 32.6 Å². The number of nitrogens with zero attached hydrogens (tertiary/aromatic N) is 4. The number of nitrogen functional groups attached to an aromatic ring is 1. The number of aryl methyl sites for hydroxylation is 2. The molecule has 3 aromatic heterocycles. The second-order valence-corrected chi connectivity index (χ2v) is 28.5. The lowest BCUT2D eigenvalue weighted by Gasteiger charge is -2.55. The first-order valence-corrected chi connectivity index (χ1v) is 33.7. The second-order valence-electron chi connectivity index (χ2n) is 28.5. The molecule has 1 amide bonds. The van der Waals surface area contributed by atoms with Gasteiger partial charge in [0.15, 0.2) is 17.7 Å². The number of aromatic nitrogens is 3. The summed E-state index contributed by atoms with van der Waals surface area (Å²) < 4.78 is 28.0. The number of oxazole rings is 3. The summed E-state index contributed by atoms with van der Waals surface area (Å²) in [5.74, 6) is 6.32. The minimum absolute atomic E-state index is 0.0319. The molecule has 470 valence electrons. The van der Waals surface area contributed by atoms with E-state index in [1.807, 2.05) is 30.5 Å².